The van der Waals surface area contributed by atoms with Crippen LogP contribution >= 0.6 is 0 Å². The molecule has 5 rings (SSSR count). The van der Waals surface area contributed by atoms with Crippen molar-refractivity contribution < 1.29 is 9.21 Å². The van der Waals surface area contributed by atoms with Crippen LogP contribution in [-0.4, -0.2) is 56.6 Å². The van der Waals surface area contributed by atoms with Gasteiger partial charge in [-0.15, -0.1) is 10.2 Å². The third-order valence-electron chi connectivity index (χ3n) is 5.19. The lowest BCUT2D eigenvalue weighted by Gasteiger charge is -2.35. The number of para-hydroxylation sites is 1. The van der Waals surface area contributed by atoms with Gasteiger partial charge in [-0.2, -0.15) is 0 Å². The maximum Gasteiger partial charge on any atom is 0.289 e. The van der Waals surface area contributed by atoms with Crippen LogP contribution in [0.15, 0.2) is 47.1 Å². The molecule has 1 aliphatic rings. The highest BCUT2D eigenvalue weighted by atomic mass is 16.3. The third-order valence-corrected chi connectivity index (χ3v) is 5.19. The number of aryl methyl sites for hydroxylation is 1. The van der Waals surface area contributed by atoms with Gasteiger partial charge in [0.15, 0.2) is 11.4 Å². The molecule has 142 valence electrons. The summed E-state index contributed by atoms with van der Waals surface area (Å²) in [5, 5.41) is 9.78. The fourth-order valence-electron chi connectivity index (χ4n) is 3.73. The third kappa shape index (κ3) is 2.60. The molecule has 1 aromatic carbocycles. The van der Waals surface area contributed by atoms with Gasteiger partial charge < -0.3 is 14.2 Å². The van der Waals surface area contributed by atoms with Crippen molar-refractivity contribution in [3.05, 3.63) is 54.2 Å². The van der Waals surface area contributed by atoms with Gasteiger partial charge in [-0.05, 0) is 24.3 Å². The first-order chi connectivity index (χ1) is 13.8. The van der Waals surface area contributed by atoms with Crippen LogP contribution in [0.5, 0.6) is 0 Å². The Kier molecular flexibility index (Phi) is 3.96. The van der Waals surface area contributed by atoms with Crippen LogP contribution in [0.4, 0.5) is 5.95 Å². The van der Waals surface area contributed by atoms with E-state index in [1.807, 2.05) is 33.6 Å². The number of aromatic nitrogens is 4. The number of furan rings is 1. The lowest BCUT2D eigenvalue weighted by molar-refractivity contribution is 0.0714. The molecular formula is C20H20N6O2. The number of carbonyl (C=O) groups excluding carboxylic acids is 1. The summed E-state index contributed by atoms with van der Waals surface area (Å²) in [6, 6.07) is 11.4. The van der Waals surface area contributed by atoms with Gasteiger partial charge in [-0.1, -0.05) is 19.1 Å². The zero-order chi connectivity index (χ0) is 19.1. The van der Waals surface area contributed by atoms with Gasteiger partial charge in [0, 0.05) is 38.0 Å². The topological polar surface area (TPSA) is 79.8 Å². The normalized spacial score (nSPS) is 14.9. The number of benzene rings is 1. The lowest BCUT2D eigenvalue weighted by atomic mass is 10.2. The first kappa shape index (κ1) is 16.7. The van der Waals surface area contributed by atoms with E-state index in [-0.39, 0.29) is 5.91 Å². The van der Waals surface area contributed by atoms with Crippen LogP contribution in [0.25, 0.3) is 16.6 Å². The summed E-state index contributed by atoms with van der Waals surface area (Å²) in [6.07, 6.45) is 2.29. The monoisotopic (exact) mass is 376 g/mol. The maximum absolute atomic E-state index is 12.5. The minimum Gasteiger partial charge on any atom is -0.459 e. The standard InChI is InChI=1S/C20H20N6O2/c1-2-17-22-23-18-14-6-3-4-7-15(14)21-20(26(17)18)25-11-9-24(10-12-25)19(27)16-8-5-13-28-16/h3-8,13H,2,9-12H2,1H3. The minimum absolute atomic E-state index is 0.0696. The molecule has 4 aromatic rings. The lowest BCUT2D eigenvalue weighted by Crippen LogP contribution is -2.49. The summed E-state index contributed by atoms with van der Waals surface area (Å²) in [5.41, 5.74) is 1.72. The van der Waals surface area contributed by atoms with E-state index < -0.39 is 0 Å². The largest absolute Gasteiger partial charge is 0.459 e. The van der Waals surface area contributed by atoms with E-state index in [9.17, 15) is 4.79 Å². The highest BCUT2D eigenvalue weighted by Crippen LogP contribution is 2.25. The first-order valence-corrected chi connectivity index (χ1v) is 9.46. The van der Waals surface area contributed by atoms with E-state index in [1.54, 1.807) is 12.1 Å². The molecule has 28 heavy (non-hydrogen) atoms. The molecule has 0 radical (unpaired) electrons. The van der Waals surface area contributed by atoms with Gasteiger partial charge in [0.1, 0.15) is 5.82 Å². The second kappa shape index (κ2) is 6.63. The average molecular weight is 376 g/mol. The number of anilines is 1. The van der Waals surface area contributed by atoms with E-state index in [0.717, 1.165) is 34.7 Å². The molecule has 0 spiro atoms. The number of piperazine rings is 1. The number of rotatable bonds is 3. The summed E-state index contributed by atoms with van der Waals surface area (Å²) in [6.45, 7) is 4.66. The Bertz CT molecular complexity index is 1140. The molecule has 0 saturated carbocycles. The molecule has 4 heterocycles. The van der Waals surface area contributed by atoms with Crippen LogP contribution in [0.2, 0.25) is 0 Å². The Balaban J connectivity index is 1.49. The molecule has 0 unspecified atom stereocenters. The number of hydrogen-bond donors (Lipinski definition) is 0. The molecule has 3 aromatic heterocycles. The summed E-state index contributed by atoms with van der Waals surface area (Å²) < 4.78 is 7.30. The second-order valence-electron chi connectivity index (χ2n) is 6.81. The van der Waals surface area contributed by atoms with Crippen LogP contribution in [0, 0.1) is 0 Å². The fraction of sp³-hybridized carbons (Fsp3) is 0.300. The van der Waals surface area contributed by atoms with Gasteiger partial charge in [0.25, 0.3) is 5.91 Å². The number of amides is 1. The molecule has 0 bridgehead atoms. The van der Waals surface area contributed by atoms with Crippen molar-refractivity contribution in [1.29, 1.82) is 0 Å². The SMILES string of the molecule is CCc1nnc2c3ccccc3nc(N3CCN(C(=O)c4ccco4)CC3)n12. The Morgan fingerprint density at radius 3 is 2.64 bits per heavy atom. The fourth-order valence-corrected chi connectivity index (χ4v) is 3.73. The number of hydrogen-bond acceptors (Lipinski definition) is 6. The summed E-state index contributed by atoms with van der Waals surface area (Å²) >= 11 is 0. The quantitative estimate of drug-likeness (QED) is 0.546. The molecule has 1 aliphatic heterocycles. The molecule has 0 aliphatic carbocycles. The number of fused-ring (bicyclic) bond motifs is 3. The molecule has 0 N–H and O–H groups in total. The van der Waals surface area contributed by atoms with Gasteiger partial charge in [-0.25, -0.2) is 9.38 Å². The smallest absolute Gasteiger partial charge is 0.289 e. The maximum atomic E-state index is 12.5. The predicted molar refractivity (Wildman–Crippen MR) is 104 cm³/mol. The number of carbonyl (C=O) groups is 1. The van der Waals surface area contributed by atoms with Crippen molar-refractivity contribution in [2.75, 3.05) is 31.1 Å². The summed E-state index contributed by atoms with van der Waals surface area (Å²) in [7, 11) is 0. The van der Waals surface area contributed by atoms with Crippen LogP contribution < -0.4 is 4.90 Å². The summed E-state index contributed by atoms with van der Waals surface area (Å²) in [4.78, 5) is 21.5. The second-order valence-corrected chi connectivity index (χ2v) is 6.81. The molecule has 8 heteroatoms. The Morgan fingerprint density at radius 2 is 1.89 bits per heavy atom. The number of nitrogens with zero attached hydrogens (tertiary/aromatic N) is 6. The highest BCUT2D eigenvalue weighted by Gasteiger charge is 2.26. The summed E-state index contributed by atoms with van der Waals surface area (Å²) in [5.74, 6) is 2.03. The van der Waals surface area contributed by atoms with Crippen molar-refractivity contribution in [3.8, 4) is 0 Å². The molecule has 8 nitrogen and oxygen atoms in total. The highest BCUT2D eigenvalue weighted by molar-refractivity contribution is 5.93. The Morgan fingerprint density at radius 1 is 1.07 bits per heavy atom. The van der Waals surface area contributed by atoms with Crippen LogP contribution in [-0.2, 0) is 6.42 Å². The van der Waals surface area contributed by atoms with E-state index >= 15 is 0 Å². The molecule has 1 saturated heterocycles. The zero-order valence-corrected chi connectivity index (χ0v) is 15.6. The molecule has 1 fully saturated rings. The average Bonchev–Trinajstić information content (AvgIpc) is 3.43. The van der Waals surface area contributed by atoms with Crippen molar-refractivity contribution in [1.82, 2.24) is 24.5 Å². The van der Waals surface area contributed by atoms with E-state index in [4.69, 9.17) is 9.40 Å². The van der Waals surface area contributed by atoms with Crippen molar-refractivity contribution >= 4 is 28.4 Å². The van der Waals surface area contributed by atoms with Crippen LogP contribution in [0.3, 0.4) is 0 Å². The predicted octanol–water partition coefficient (Wildman–Crippen LogP) is 2.40. The molecule has 1 amide bonds. The molecular weight excluding hydrogens is 356 g/mol. The zero-order valence-electron chi connectivity index (χ0n) is 15.6. The minimum atomic E-state index is -0.0696. The van der Waals surface area contributed by atoms with Gasteiger partial charge in [-0.3, -0.25) is 4.79 Å². The van der Waals surface area contributed by atoms with E-state index in [2.05, 4.69) is 22.0 Å². The van der Waals surface area contributed by atoms with Crippen molar-refractivity contribution in [2.45, 2.75) is 13.3 Å². The molecule has 0 atom stereocenters. The van der Waals surface area contributed by atoms with E-state index in [0.29, 0.717) is 31.9 Å². The Hall–Kier alpha value is -3.42. The van der Waals surface area contributed by atoms with Gasteiger partial charge in [0.05, 0.1) is 11.8 Å². The van der Waals surface area contributed by atoms with Crippen molar-refractivity contribution in [3.63, 3.8) is 0 Å². The first-order valence-electron chi connectivity index (χ1n) is 9.46. The van der Waals surface area contributed by atoms with Gasteiger partial charge >= 0.3 is 0 Å². The van der Waals surface area contributed by atoms with E-state index in [1.165, 1.54) is 6.26 Å². The van der Waals surface area contributed by atoms with Gasteiger partial charge in [0.2, 0.25) is 5.95 Å². The van der Waals surface area contributed by atoms with Crippen LogP contribution in [0.1, 0.15) is 23.3 Å². The Labute approximate surface area is 161 Å². The van der Waals surface area contributed by atoms with Crippen molar-refractivity contribution in [2.24, 2.45) is 0 Å².